The standard InChI is InChI=1S/C25H25F3N4O3S/c1-14(17-4-6-18(7-5-17)24(34)35)29-22(33)21-15(2)30-32-9-8-31(23(21)32)13-16-10-19(25(26,27)28)12-20(11-16)36-3/h4-7,10-12,14H,8-9,13H2,1-3H3,(H,29,33)(H,34,35)/t14-/m0/s1. The largest absolute Gasteiger partial charge is 0.478 e. The van der Waals surface area contributed by atoms with Crippen molar-refractivity contribution in [2.24, 2.45) is 0 Å². The highest BCUT2D eigenvalue weighted by molar-refractivity contribution is 7.98. The monoisotopic (exact) mass is 518 g/mol. The highest BCUT2D eigenvalue weighted by Gasteiger charge is 2.33. The predicted octanol–water partition coefficient (Wildman–Crippen LogP) is 5.14. The normalized spacial score (nSPS) is 14.0. The Bertz CT molecular complexity index is 1310. The number of hydrogen-bond acceptors (Lipinski definition) is 5. The molecule has 0 unspecified atom stereocenters. The van der Waals surface area contributed by atoms with Crippen molar-refractivity contribution in [2.75, 3.05) is 17.7 Å². The Morgan fingerprint density at radius 2 is 1.86 bits per heavy atom. The van der Waals surface area contributed by atoms with Crippen molar-refractivity contribution in [3.63, 3.8) is 0 Å². The lowest BCUT2D eigenvalue weighted by Crippen LogP contribution is -2.29. The summed E-state index contributed by atoms with van der Waals surface area (Å²) in [6.07, 6.45) is -2.72. The van der Waals surface area contributed by atoms with E-state index in [0.29, 0.717) is 40.6 Å². The molecule has 7 nitrogen and oxygen atoms in total. The highest BCUT2D eigenvalue weighted by atomic mass is 32.2. The number of amides is 1. The number of fused-ring (bicyclic) bond motifs is 1. The van der Waals surface area contributed by atoms with Crippen LogP contribution >= 0.6 is 11.8 Å². The van der Waals surface area contributed by atoms with Crippen molar-refractivity contribution >= 4 is 29.5 Å². The fourth-order valence-corrected chi connectivity index (χ4v) is 4.82. The van der Waals surface area contributed by atoms with Gasteiger partial charge in [0.2, 0.25) is 0 Å². The second-order valence-electron chi connectivity index (χ2n) is 8.62. The third-order valence-corrected chi connectivity index (χ3v) is 6.82. The number of carboxylic acids is 1. The minimum atomic E-state index is -4.45. The Labute approximate surface area is 210 Å². The van der Waals surface area contributed by atoms with Crippen molar-refractivity contribution in [3.05, 3.63) is 76.0 Å². The lowest BCUT2D eigenvalue weighted by atomic mass is 10.1. The minimum absolute atomic E-state index is 0.150. The molecule has 2 heterocycles. The summed E-state index contributed by atoms with van der Waals surface area (Å²) in [6, 6.07) is 9.85. The first-order chi connectivity index (χ1) is 17.0. The third-order valence-electron chi connectivity index (χ3n) is 6.12. The van der Waals surface area contributed by atoms with E-state index in [1.807, 2.05) is 4.90 Å². The Hall–Kier alpha value is -3.47. The molecule has 4 rings (SSSR count). The van der Waals surface area contributed by atoms with Crippen LogP contribution in [0.5, 0.6) is 0 Å². The van der Waals surface area contributed by atoms with E-state index < -0.39 is 23.8 Å². The Morgan fingerprint density at radius 3 is 2.47 bits per heavy atom. The summed E-state index contributed by atoms with van der Waals surface area (Å²) in [5, 5.41) is 16.5. The van der Waals surface area contributed by atoms with Gasteiger partial charge >= 0.3 is 12.1 Å². The molecule has 1 aromatic heterocycles. The molecule has 0 saturated heterocycles. The van der Waals surface area contributed by atoms with Crippen molar-refractivity contribution in [2.45, 2.75) is 44.1 Å². The number of nitrogens with one attached hydrogen (secondary N) is 1. The number of halogens is 3. The maximum Gasteiger partial charge on any atom is 0.416 e. The summed E-state index contributed by atoms with van der Waals surface area (Å²) < 4.78 is 42.0. The molecular weight excluding hydrogens is 493 g/mol. The molecule has 1 aliphatic rings. The number of alkyl halides is 3. The van der Waals surface area contributed by atoms with E-state index in [0.717, 1.165) is 17.7 Å². The van der Waals surface area contributed by atoms with Crippen LogP contribution in [0.15, 0.2) is 47.4 Å². The van der Waals surface area contributed by atoms with E-state index >= 15 is 0 Å². The number of anilines is 1. The van der Waals surface area contributed by atoms with Gasteiger partial charge in [0, 0.05) is 18.0 Å². The number of benzene rings is 2. The van der Waals surface area contributed by atoms with Crippen LogP contribution < -0.4 is 10.2 Å². The van der Waals surface area contributed by atoms with E-state index in [2.05, 4.69) is 10.4 Å². The zero-order chi connectivity index (χ0) is 26.2. The first kappa shape index (κ1) is 25.6. The molecular formula is C25H25F3N4O3S. The summed E-state index contributed by atoms with van der Waals surface area (Å²) in [5.41, 5.74) is 1.58. The van der Waals surface area contributed by atoms with Crippen LogP contribution in [0.3, 0.4) is 0 Å². The zero-order valence-electron chi connectivity index (χ0n) is 19.9. The molecule has 0 spiro atoms. The number of aromatic nitrogens is 2. The van der Waals surface area contributed by atoms with Gasteiger partial charge in [-0.2, -0.15) is 18.3 Å². The fourth-order valence-electron chi connectivity index (χ4n) is 4.31. The van der Waals surface area contributed by atoms with Crippen molar-refractivity contribution < 1.29 is 27.9 Å². The molecule has 0 radical (unpaired) electrons. The molecule has 3 aromatic rings. The SMILES string of the molecule is CSc1cc(CN2CCn3nc(C)c(C(=O)N[C@@H](C)c4ccc(C(=O)O)cc4)c32)cc(C(F)(F)F)c1. The number of carbonyl (C=O) groups is 2. The van der Waals surface area contributed by atoms with Gasteiger partial charge in [-0.3, -0.25) is 4.79 Å². The zero-order valence-corrected chi connectivity index (χ0v) is 20.7. The molecule has 2 aromatic carbocycles. The number of aromatic carboxylic acids is 1. The van der Waals surface area contributed by atoms with Gasteiger partial charge in [0.05, 0.1) is 29.4 Å². The smallest absolute Gasteiger partial charge is 0.416 e. The van der Waals surface area contributed by atoms with E-state index in [4.69, 9.17) is 5.11 Å². The van der Waals surface area contributed by atoms with E-state index in [9.17, 15) is 22.8 Å². The van der Waals surface area contributed by atoms with Crippen LogP contribution in [-0.2, 0) is 19.3 Å². The van der Waals surface area contributed by atoms with E-state index in [1.54, 1.807) is 43.0 Å². The second-order valence-corrected chi connectivity index (χ2v) is 9.50. The lowest BCUT2D eigenvalue weighted by molar-refractivity contribution is -0.137. The van der Waals surface area contributed by atoms with Crippen molar-refractivity contribution in [3.8, 4) is 0 Å². The van der Waals surface area contributed by atoms with Gasteiger partial charge in [0.1, 0.15) is 11.4 Å². The molecule has 1 atom stereocenters. The maximum absolute atomic E-state index is 13.4. The van der Waals surface area contributed by atoms with Crippen LogP contribution in [0.2, 0.25) is 0 Å². The quantitative estimate of drug-likeness (QED) is 0.421. The lowest BCUT2D eigenvalue weighted by Gasteiger charge is -2.21. The van der Waals surface area contributed by atoms with Gasteiger partial charge in [0.15, 0.2) is 0 Å². The van der Waals surface area contributed by atoms with Gasteiger partial charge in [-0.1, -0.05) is 12.1 Å². The second kappa shape index (κ2) is 9.88. The number of carboxylic acid groups (broad SMARTS) is 1. The van der Waals surface area contributed by atoms with Gasteiger partial charge in [-0.05, 0) is 61.6 Å². The van der Waals surface area contributed by atoms with Gasteiger partial charge in [-0.15, -0.1) is 11.8 Å². The van der Waals surface area contributed by atoms with Crippen LogP contribution in [-0.4, -0.2) is 39.6 Å². The summed E-state index contributed by atoms with van der Waals surface area (Å²) >= 11 is 1.24. The number of aryl methyl sites for hydroxylation is 1. The van der Waals surface area contributed by atoms with Crippen LogP contribution in [0.25, 0.3) is 0 Å². The van der Waals surface area contributed by atoms with Crippen LogP contribution in [0, 0.1) is 6.92 Å². The Balaban J connectivity index is 1.58. The molecule has 2 N–H and O–H groups in total. The molecule has 36 heavy (non-hydrogen) atoms. The first-order valence-electron chi connectivity index (χ1n) is 11.2. The average Bonchev–Trinajstić information content (AvgIpc) is 3.36. The highest BCUT2D eigenvalue weighted by Crippen LogP contribution is 2.35. The Kier molecular flexibility index (Phi) is 7.03. The molecule has 11 heteroatoms. The number of thioether (sulfide) groups is 1. The minimum Gasteiger partial charge on any atom is -0.478 e. The van der Waals surface area contributed by atoms with Gasteiger partial charge < -0.3 is 15.3 Å². The van der Waals surface area contributed by atoms with E-state index in [-0.39, 0.29) is 18.0 Å². The summed E-state index contributed by atoms with van der Waals surface area (Å²) in [7, 11) is 0. The average molecular weight is 519 g/mol. The van der Waals surface area contributed by atoms with Crippen molar-refractivity contribution in [1.82, 2.24) is 15.1 Å². The molecule has 1 amide bonds. The summed E-state index contributed by atoms with van der Waals surface area (Å²) in [5.74, 6) is -0.819. The maximum atomic E-state index is 13.4. The van der Waals surface area contributed by atoms with E-state index in [1.165, 1.54) is 23.9 Å². The predicted molar refractivity (Wildman–Crippen MR) is 131 cm³/mol. The number of nitrogens with zero attached hydrogens (tertiary/aromatic N) is 3. The molecule has 0 bridgehead atoms. The molecule has 0 aliphatic carbocycles. The number of hydrogen-bond donors (Lipinski definition) is 2. The first-order valence-corrected chi connectivity index (χ1v) is 12.4. The van der Waals surface area contributed by atoms with Gasteiger partial charge in [0.25, 0.3) is 5.91 Å². The summed E-state index contributed by atoms with van der Waals surface area (Å²) in [6.45, 7) is 4.75. The van der Waals surface area contributed by atoms with Crippen molar-refractivity contribution in [1.29, 1.82) is 0 Å². The topological polar surface area (TPSA) is 87.5 Å². The molecule has 0 saturated carbocycles. The summed E-state index contributed by atoms with van der Waals surface area (Å²) in [4.78, 5) is 26.8. The molecule has 0 fully saturated rings. The molecule has 190 valence electrons. The van der Waals surface area contributed by atoms with Crippen LogP contribution in [0.4, 0.5) is 19.0 Å². The fraction of sp³-hybridized carbons (Fsp3) is 0.320. The Morgan fingerprint density at radius 1 is 1.17 bits per heavy atom. The third kappa shape index (κ3) is 5.20. The number of carbonyl (C=O) groups excluding carboxylic acids is 1. The van der Waals surface area contributed by atoms with Crippen LogP contribution in [0.1, 0.15) is 56.1 Å². The molecule has 1 aliphatic heterocycles. The number of rotatable bonds is 7. The van der Waals surface area contributed by atoms with Gasteiger partial charge in [-0.25, -0.2) is 9.48 Å².